The summed E-state index contributed by atoms with van der Waals surface area (Å²) in [5, 5.41) is 4.79. The average Bonchev–Trinajstić information content (AvgIpc) is 3.06. The topological polar surface area (TPSA) is 105 Å². The zero-order valence-corrected chi connectivity index (χ0v) is 17.1. The molecule has 8 nitrogen and oxygen atoms in total. The minimum absolute atomic E-state index is 0.0408. The number of hydrogen-bond donors (Lipinski definition) is 1. The molecule has 0 saturated carbocycles. The summed E-state index contributed by atoms with van der Waals surface area (Å²) in [5.74, 6) is 2.22. The number of benzene rings is 1. The highest BCUT2D eigenvalue weighted by atomic mass is 35.5. The summed E-state index contributed by atoms with van der Waals surface area (Å²) >= 11 is 7.42. The second kappa shape index (κ2) is 9.20. The summed E-state index contributed by atoms with van der Waals surface area (Å²) in [7, 11) is 0. The maximum Gasteiger partial charge on any atom is 0.258 e. The smallest absolute Gasteiger partial charge is 0.258 e. The zero-order chi connectivity index (χ0) is 20.1. The highest BCUT2D eigenvalue weighted by Crippen LogP contribution is 2.16. The van der Waals surface area contributed by atoms with Crippen LogP contribution in [-0.2, 0) is 17.1 Å². The molecule has 1 aromatic carbocycles. The molecule has 0 unspecified atom stereocenters. The highest BCUT2D eigenvalue weighted by molar-refractivity contribution is 7.99. The highest BCUT2D eigenvalue weighted by Gasteiger charge is 2.16. The van der Waals surface area contributed by atoms with Crippen molar-refractivity contribution in [2.24, 2.45) is 0 Å². The Balaban J connectivity index is 1.68. The largest absolute Gasteiger partial charge is 0.340 e. The number of fused-ring (bicyclic) bond motifs is 1. The van der Waals surface area contributed by atoms with E-state index in [1.165, 1.54) is 11.8 Å². The summed E-state index contributed by atoms with van der Waals surface area (Å²) in [6.45, 7) is 4.51. The Hall–Kier alpha value is -2.39. The minimum Gasteiger partial charge on any atom is -0.340 e. The first-order chi connectivity index (χ1) is 13.5. The molecule has 0 spiro atoms. The predicted molar refractivity (Wildman–Crippen MR) is 108 cm³/mol. The fourth-order valence-corrected chi connectivity index (χ4v) is 3.62. The Morgan fingerprint density at radius 2 is 2.18 bits per heavy atom. The van der Waals surface area contributed by atoms with Crippen molar-refractivity contribution in [1.82, 2.24) is 25.0 Å². The van der Waals surface area contributed by atoms with E-state index in [4.69, 9.17) is 16.1 Å². The van der Waals surface area contributed by atoms with Crippen molar-refractivity contribution in [3.8, 4) is 0 Å². The second-order valence-corrected chi connectivity index (χ2v) is 7.63. The molecule has 2 aromatic heterocycles. The van der Waals surface area contributed by atoms with E-state index in [1.807, 2.05) is 6.92 Å². The van der Waals surface area contributed by atoms with Crippen molar-refractivity contribution >= 4 is 40.2 Å². The summed E-state index contributed by atoms with van der Waals surface area (Å²) in [4.78, 5) is 37.9. The molecule has 0 radical (unpaired) electrons. The van der Waals surface area contributed by atoms with Gasteiger partial charge in [-0.05, 0) is 24.6 Å². The van der Waals surface area contributed by atoms with E-state index in [0.717, 1.165) is 6.42 Å². The summed E-state index contributed by atoms with van der Waals surface area (Å²) in [6.07, 6.45) is 0.796. The molecule has 0 aliphatic heterocycles. The van der Waals surface area contributed by atoms with Crippen LogP contribution < -0.4 is 5.56 Å². The van der Waals surface area contributed by atoms with Gasteiger partial charge in [-0.2, -0.15) is 4.98 Å². The van der Waals surface area contributed by atoms with Gasteiger partial charge in [0.15, 0.2) is 5.82 Å². The van der Waals surface area contributed by atoms with Crippen LogP contribution in [0.1, 0.15) is 30.9 Å². The number of nitrogens with zero attached hydrogens (tertiary/aromatic N) is 4. The van der Waals surface area contributed by atoms with E-state index in [1.54, 1.807) is 30.0 Å². The van der Waals surface area contributed by atoms with Crippen molar-refractivity contribution in [2.75, 3.05) is 12.3 Å². The van der Waals surface area contributed by atoms with E-state index in [-0.39, 0.29) is 23.8 Å². The number of thioether (sulfide) groups is 1. The van der Waals surface area contributed by atoms with Crippen LogP contribution in [-0.4, -0.2) is 43.2 Å². The van der Waals surface area contributed by atoms with Gasteiger partial charge in [0.05, 0.1) is 29.0 Å². The lowest BCUT2D eigenvalue weighted by Gasteiger charge is -2.21. The van der Waals surface area contributed by atoms with Crippen molar-refractivity contribution in [1.29, 1.82) is 0 Å². The van der Waals surface area contributed by atoms with Crippen LogP contribution in [0.5, 0.6) is 0 Å². The number of halogens is 1. The third-order valence-corrected chi connectivity index (χ3v) is 5.08. The number of aryl methyl sites for hydroxylation is 1. The third-order valence-electron chi connectivity index (χ3n) is 3.93. The average molecular weight is 422 g/mol. The second-order valence-electron chi connectivity index (χ2n) is 6.21. The molecule has 1 N–H and O–H groups in total. The Kier molecular flexibility index (Phi) is 6.69. The molecule has 0 aliphatic rings. The van der Waals surface area contributed by atoms with E-state index in [2.05, 4.69) is 20.1 Å². The molecular formula is C18H20ClN5O3S. The Morgan fingerprint density at radius 3 is 2.89 bits per heavy atom. The first kappa shape index (κ1) is 20.3. The molecule has 0 fully saturated rings. The fraction of sp³-hybridized carbons (Fsp3) is 0.389. The first-order valence-electron chi connectivity index (χ1n) is 8.79. The van der Waals surface area contributed by atoms with Crippen LogP contribution in [0.4, 0.5) is 0 Å². The number of hydrogen-bond acceptors (Lipinski definition) is 7. The van der Waals surface area contributed by atoms with Crippen LogP contribution >= 0.6 is 23.4 Å². The van der Waals surface area contributed by atoms with Crippen molar-refractivity contribution < 1.29 is 9.32 Å². The lowest BCUT2D eigenvalue weighted by molar-refractivity contribution is -0.129. The molecular weight excluding hydrogens is 402 g/mol. The van der Waals surface area contributed by atoms with Crippen LogP contribution in [0.25, 0.3) is 10.9 Å². The molecule has 10 heteroatoms. The van der Waals surface area contributed by atoms with Gasteiger partial charge in [-0.25, -0.2) is 4.98 Å². The summed E-state index contributed by atoms with van der Waals surface area (Å²) in [5.41, 5.74) is 0.263. The number of rotatable bonds is 8. The van der Waals surface area contributed by atoms with Crippen LogP contribution in [0.3, 0.4) is 0 Å². The number of H-pyrrole nitrogens is 1. The van der Waals surface area contributed by atoms with E-state index < -0.39 is 0 Å². The fourth-order valence-electron chi connectivity index (χ4n) is 2.70. The van der Waals surface area contributed by atoms with Crippen LogP contribution in [0, 0.1) is 6.92 Å². The standard InChI is InChI=1S/C18H20ClN5O3S/c1-3-6-24(17(25)10-28-9-16-20-11(2)27-23-16)8-15-21-14-7-12(19)4-5-13(14)18(26)22-15/h4-5,7H,3,6,8-10H2,1-2H3,(H,21,22,26). The summed E-state index contributed by atoms with van der Waals surface area (Å²) in [6, 6.07) is 4.93. The number of amides is 1. The lowest BCUT2D eigenvalue weighted by Crippen LogP contribution is -2.34. The van der Waals surface area contributed by atoms with Crippen LogP contribution in [0.15, 0.2) is 27.5 Å². The Labute approximate surface area is 170 Å². The van der Waals surface area contributed by atoms with E-state index >= 15 is 0 Å². The molecule has 1 amide bonds. The predicted octanol–water partition coefficient (Wildman–Crippen LogP) is 2.94. The van der Waals surface area contributed by atoms with Gasteiger partial charge in [-0.15, -0.1) is 11.8 Å². The van der Waals surface area contributed by atoms with Crippen molar-refractivity contribution in [3.63, 3.8) is 0 Å². The van der Waals surface area contributed by atoms with Crippen molar-refractivity contribution in [2.45, 2.75) is 32.6 Å². The lowest BCUT2D eigenvalue weighted by atomic mass is 10.2. The maximum absolute atomic E-state index is 12.6. The Bertz CT molecular complexity index is 1040. The van der Waals surface area contributed by atoms with Gasteiger partial charge >= 0.3 is 0 Å². The monoisotopic (exact) mass is 421 g/mol. The molecule has 0 saturated heterocycles. The van der Waals surface area contributed by atoms with Crippen LogP contribution in [0.2, 0.25) is 5.02 Å². The summed E-state index contributed by atoms with van der Waals surface area (Å²) < 4.78 is 4.92. The van der Waals surface area contributed by atoms with Crippen molar-refractivity contribution in [3.05, 3.63) is 51.1 Å². The Morgan fingerprint density at radius 1 is 1.36 bits per heavy atom. The SMILES string of the molecule is CCCN(Cc1nc2cc(Cl)ccc2c(=O)[nH]1)C(=O)CSCc1noc(C)n1. The zero-order valence-electron chi connectivity index (χ0n) is 15.6. The number of carbonyl (C=O) groups excluding carboxylic acids is 1. The van der Waals surface area contributed by atoms with Gasteiger partial charge in [0.2, 0.25) is 11.8 Å². The van der Waals surface area contributed by atoms with E-state index in [9.17, 15) is 9.59 Å². The van der Waals surface area contributed by atoms with E-state index in [0.29, 0.717) is 45.8 Å². The number of carbonyl (C=O) groups is 1. The first-order valence-corrected chi connectivity index (χ1v) is 10.3. The van der Waals surface area contributed by atoms with Gasteiger partial charge in [0, 0.05) is 18.5 Å². The quantitative estimate of drug-likeness (QED) is 0.596. The molecule has 0 atom stereocenters. The molecule has 3 aromatic rings. The minimum atomic E-state index is -0.248. The number of aromatic nitrogens is 4. The van der Waals surface area contributed by atoms with Gasteiger partial charge in [0.25, 0.3) is 5.56 Å². The molecule has 28 heavy (non-hydrogen) atoms. The molecule has 0 bridgehead atoms. The maximum atomic E-state index is 12.6. The third kappa shape index (κ3) is 5.11. The number of nitrogens with one attached hydrogen (secondary N) is 1. The van der Waals surface area contributed by atoms with Gasteiger partial charge in [-0.3, -0.25) is 9.59 Å². The van der Waals surface area contributed by atoms with Gasteiger partial charge in [-0.1, -0.05) is 23.7 Å². The normalized spacial score (nSPS) is 11.1. The molecule has 148 valence electrons. The molecule has 2 heterocycles. The van der Waals surface area contributed by atoms with Gasteiger partial charge in [0.1, 0.15) is 5.82 Å². The molecule has 0 aliphatic carbocycles. The number of aromatic amines is 1. The molecule has 3 rings (SSSR count). The van der Waals surface area contributed by atoms with Gasteiger partial charge < -0.3 is 14.4 Å².